The van der Waals surface area contributed by atoms with E-state index in [1.165, 1.54) is 44.6 Å². The van der Waals surface area contributed by atoms with Crippen LogP contribution in [0.1, 0.15) is 87.7 Å². The Morgan fingerprint density at radius 3 is 2.39 bits per heavy atom. The van der Waals surface area contributed by atoms with E-state index in [9.17, 15) is 9.90 Å². The number of nitrogens with zero attached hydrogens (tertiary/aromatic N) is 2. The highest BCUT2D eigenvalue weighted by atomic mass is 16.3. The summed E-state index contributed by atoms with van der Waals surface area (Å²) >= 11 is 0. The van der Waals surface area contributed by atoms with Crippen LogP contribution in [-0.2, 0) is 0 Å². The second kappa shape index (κ2) is 17.6. The summed E-state index contributed by atoms with van der Waals surface area (Å²) in [6.45, 7) is 15.7. The highest BCUT2D eigenvalue weighted by Crippen LogP contribution is 2.35. The predicted octanol–water partition coefficient (Wildman–Crippen LogP) is 10.2. The number of hydrogen-bond donors (Lipinski definition) is 2. The van der Waals surface area contributed by atoms with Gasteiger partial charge in [0.1, 0.15) is 11.6 Å². The van der Waals surface area contributed by atoms with Crippen molar-refractivity contribution >= 4 is 23.5 Å². The molecular formula is C36H47N3O2. The number of aromatic nitrogens is 1. The highest BCUT2D eigenvalue weighted by molar-refractivity contribution is 5.93. The van der Waals surface area contributed by atoms with Gasteiger partial charge in [-0.1, -0.05) is 88.4 Å². The zero-order valence-electron chi connectivity index (χ0n) is 25.7. The number of phenolic OH excluding ortho intramolecular Hbond substituents is 1. The molecule has 4 rings (SSSR count). The normalized spacial score (nSPS) is 13.2. The number of rotatable bonds is 7. The lowest BCUT2D eigenvalue weighted by Gasteiger charge is -2.15. The standard InChI is InChI=1S/C16H17NO.C13H16N2O.C7H14/c1-4-17-15-10-14(16(18)9-12(15)3)13-7-5-6-11(2)8-13;1-4-5-6-10(2)15-13-8-7-12(9-14-13)11(3)16;1-7-5-3-2-4-6-7/h4-10,18H,1-3H3;5-9H,2,4H2,1,3H3,(H,14,15);7H,2-6H2,1H3/b;6-5+;. The van der Waals surface area contributed by atoms with Crippen LogP contribution < -0.4 is 5.32 Å². The van der Waals surface area contributed by atoms with E-state index in [1.807, 2.05) is 57.2 Å². The molecule has 1 aromatic heterocycles. The van der Waals surface area contributed by atoms with Gasteiger partial charge >= 0.3 is 0 Å². The Labute approximate surface area is 247 Å². The number of Topliss-reactive ketones (excluding diaryl/α,β-unsaturated/α-hetero) is 1. The van der Waals surface area contributed by atoms with Crippen molar-refractivity contribution in [1.29, 1.82) is 0 Å². The van der Waals surface area contributed by atoms with Gasteiger partial charge in [-0.05, 0) is 81.5 Å². The monoisotopic (exact) mass is 553 g/mol. The number of aryl methyl sites for hydroxylation is 2. The topological polar surface area (TPSA) is 74.6 Å². The molecule has 0 amide bonds. The largest absolute Gasteiger partial charge is 0.507 e. The summed E-state index contributed by atoms with van der Waals surface area (Å²) in [5, 5.41) is 13.1. The Bertz CT molecular complexity index is 1320. The number of aliphatic imine (C=N–C) groups is 1. The average molecular weight is 554 g/mol. The van der Waals surface area contributed by atoms with Crippen molar-refractivity contribution in [3.8, 4) is 16.9 Å². The molecule has 0 unspecified atom stereocenters. The van der Waals surface area contributed by atoms with Crippen LogP contribution in [0.5, 0.6) is 5.75 Å². The molecule has 0 saturated heterocycles. The maximum absolute atomic E-state index is 11.0. The van der Waals surface area contributed by atoms with Crippen LogP contribution in [-0.4, -0.2) is 22.1 Å². The lowest BCUT2D eigenvalue weighted by molar-refractivity contribution is 0.101. The number of aromatic hydroxyl groups is 1. The molecular weight excluding hydrogens is 506 g/mol. The van der Waals surface area contributed by atoms with Crippen LogP contribution >= 0.6 is 0 Å². The minimum Gasteiger partial charge on any atom is -0.507 e. The Morgan fingerprint density at radius 2 is 1.85 bits per heavy atom. The third-order valence-electron chi connectivity index (χ3n) is 6.82. The van der Waals surface area contributed by atoms with Crippen molar-refractivity contribution in [2.45, 2.75) is 80.1 Å². The molecule has 2 N–H and O–H groups in total. The number of carbonyl (C=O) groups is 1. The maximum Gasteiger partial charge on any atom is 0.161 e. The van der Waals surface area contributed by atoms with Crippen LogP contribution in [0.3, 0.4) is 0 Å². The van der Waals surface area contributed by atoms with Crippen molar-refractivity contribution in [1.82, 2.24) is 4.98 Å². The summed E-state index contributed by atoms with van der Waals surface area (Å²) in [5.41, 5.74) is 6.27. The van der Waals surface area contributed by atoms with Gasteiger partial charge in [-0.15, -0.1) is 0 Å². The van der Waals surface area contributed by atoms with E-state index in [1.54, 1.807) is 30.6 Å². The fraction of sp³-hybridized carbons (Fsp3) is 0.361. The molecule has 5 heteroatoms. The molecule has 1 fully saturated rings. The van der Waals surface area contributed by atoms with Gasteiger partial charge in [0.2, 0.25) is 0 Å². The first kappa shape index (κ1) is 33.2. The molecule has 1 aliphatic rings. The van der Waals surface area contributed by atoms with Gasteiger partial charge in [0.15, 0.2) is 5.78 Å². The lowest BCUT2D eigenvalue weighted by atomic mass is 9.91. The second-order valence-electron chi connectivity index (χ2n) is 10.6. The molecule has 0 radical (unpaired) electrons. The van der Waals surface area contributed by atoms with E-state index < -0.39 is 0 Å². The number of carbonyl (C=O) groups excluding carboxylic acids is 1. The van der Waals surface area contributed by atoms with Gasteiger partial charge in [0, 0.05) is 29.2 Å². The van der Waals surface area contributed by atoms with Gasteiger partial charge in [-0.25, -0.2) is 4.98 Å². The molecule has 1 saturated carbocycles. The number of hydrogen-bond acceptors (Lipinski definition) is 5. The van der Waals surface area contributed by atoms with E-state index >= 15 is 0 Å². The number of benzene rings is 2. The first-order chi connectivity index (χ1) is 19.6. The van der Waals surface area contributed by atoms with Gasteiger partial charge in [-0.3, -0.25) is 9.79 Å². The summed E-state index contributed by atoms with van der Waals surface area (Å²) in [4.78, 5) is 19.5. The fourth-order valence-corrected chi connectivity index (χ4v) is 4.45. The third-order valence-corrected chi connectivity index (χ3v) is 6.82. The molecule has 0 aliphatic heterocycles. The molecule has 41 heavy (non-hydrogen) atoms. The molecule has 218 valence electrons. The Hall–Kier alpha value is -3.99. The van der Waals surface area contributed by atoms with Crippen molar-refractivity contribution < 1.29 is 9.90 Å². The van der Waals surface area contributed by atoms with Crippen LogP contribution in [0.2, 0.25) is 0 Å². The van der Waals surface area contributed by atoms with Crippen LogP contribution in [0, 0.1) is 19.8 Å². The number of allylic oxidation sites excluding steroid dienone is 2. The van der Waals surface area contributed by atoms with Gasteiger partial charge in [0.05, 0.1) is 5.69 Å². The van der Waals surface area contributed by atoms with E-state index in [2.05, 4.69) is 41.8 Å². The molecule has 3 aromatic rings. The smallest absolute Gasteiger partial charge is 0.161 e. The van der Waals surface area contributed by atoms with Gasteiger partial charge in [-0.2, -0.15) is 0 Å². The highest BCUT2D eigenvalue weighted by Gasteiger charge is 2.08. The van der Waals surface area contributed by atoms with Crippen LogP contribution in [0.4, 0.5) is 11.5 Å². The first-order valence-corrected chi connectivity index (χ1v) is 14.6. The number of pyridine rings is 1. The molecule has 2 aromatic carbocycles. The van der Waals surface area contributed by atoms with Crippen molar-refractivity contribution in [2.24, 2.45) is 10.9 Å². The zero-order valence-corrected chi connectivity index (χ0v) is 25.7. The minimum atomic E-state index is 0.0174. The van der Waals surface area contributed by atoms with Crippen LogP contribution in [0.15, 0.2) is 84.1 Å². The average Bonchev–Trinajstić information content (AvgIpc) is 2.95. The number of nitrogens with one attached hydrogen (secondary N) is 1. The summed E-state index contributed by atoms with van der Waals surface area (Å²) in [6, 6.07) is 15.3. The predicted molar refractivity (Wildman–Crippen MR) is 176 cm³/mol. The lowest BCUT2D eigenvalue weighted by Crippen LogP contribution is -1.99. The second-order valence-corrected chi connectivity index (χ2v) is 10.6. The maximum atomic E-state index is 11.0. The van der Waals surface area contributed by atoms with E-state index in [4.69, 9.17) is 0 Å². The number of anilines is 1. The van der Waals surface area contributed by atoms with E-state index in [0.29, 0.717) is 17.1 Å². The van der Waals surface area contributed by atoms with E-state index in [-0.39, 0.29) is 5.78 Å². The summed E-state index contributed by atoms with van der Waals surface area (Å²) in [7, 11) is 0. The molecule has 1 aliphatic carbocycles. The van der Waals surface area contributed by atoms with Gasteiger partial charge in [0.25, 0.3) is 0 Å². The Morgan fingerprint density at radius 1 is 1.12 bits per heavy atom. The van der Waals surface area contributed by atoms with Crippen molar-refractivity contribution in [2.75, 3.05) is 5.32 Å². The number of phenols is 1. The molecule has 0 atom stereocenters. The van der Waals surface area contributed by atoms with Gasteiger partial charge < -0.3 is 10.4 Å². The third kappa shape index (κ3) is 12.0. The van der Waals surface area contributed by atoms with Crippen LogP contribution in [0.25, 0.3) is 11.1 Å². The summed E-state index contributed by atoms with van der Waals surface area (Å²) in [6.07, 6.45) is 15.6. The first-order valence-electron chi connectivity index (χ1n) is 14.6. The summed E-state index contributed by atoms with van der Waals surface area (Å²) in [5.74, 6) is 2.04. The Balaban J connectivity index is 0.000000234. The molecule has 5 nitrogen and oxygen atoms in total. The zero-order chi connectivity index (χ0) is 30.2. The molecule has 0 bridgehead atoms. The Kier molecular flexibility index (Phi) is 14.3. The molecule has 1 heterocycles. The quantitative estimate of drug-likeness (QED) is 0.173. The van der Waals surface area contributed by atoms with Crippen molar-refractivity contribution in [3.05, 3.63) is 95.8 Å². The van der Waals surface area contributed by atoms with E-state index in [0.717, 1.165) is 40.4 Å². The fourth-order valence-electron chi connectivity index (χ4n) is 4.45. The SMILES string of the molecule is C=C(/C=C/CC)Nc1ccc(C(C)=O)cn1.CC1CCCCC1.CC=Nc1cc(-c2cccc(C)c2)c(O)cc1C. The summed E-state index contributed by atoms with van der Waals surface area (Å²) < 4.78 is 0. The van der Waals surface area contributed by atoms with Crippen molar-refractivity contribution in [3.63, 3.8) is 0 Å². The molecule has 0 spiro atoms. The number of ketones is 1. The minimum absolute atomic E-state index is 0.0174.